The van der Waals surface area contributed by atoms with E-state index in [1.165, 1.54) is 0 Å². The van der Waals surface area contributed by atoms with Gasteiger partial charge in [-0.1, -0.05) is 30.3 Å². The SMILES string of the molecule is Cc1ccc(NC(=O)C2(O)CCCc3ccccc32)nc1. The summed E-state index contributed by atoms with van der Waals surface area (Å²) in [5, 5.41) is 13.6. The van der Waals surface area contributed by atoms with Crippen LogP contribution in [0.4, 0.5) is 5.82 Å². The summed E-state index contributed by atoms with van der Waals surface area (Å²) in [5.74, 6) is 0.0492. The van der Waals surface area contributed by atoms with Gasteiger partial charge in [0, 0.05) is 6.20 Å². The topological polar surface area (TPSA) is 62.2 Å². The van der Waals surface area contributed by atoms with Gasteiger partial charge < -0.3 is 10.4 Å². The molecule has 1 amide bonds. The number of fused-ring (bicyclic) bond motifs is 1. The second-order valence-electron chi connectivity index (χ2n) is 5.55. The van der Waals surface area contributed by atoms with Crippen LogP contribution in [0, 0.1) is 6.92 Å². The Morgan fingerprint density at radius 1 is 1.29 bits per heavy atom. The van der Waals surface area contributed by atoms with Crippen LogP contribution in [0.3, 0.4) is 0 Å². The summed E-state index contributed by atoms with van der Waals surface area (Å²) in [6.45, 7) is 1.93. The zero-order chi connectivity index (χ0) is 14.9. The molecule has 3 rings (SSSR count). The standard InChI is InChI=1S/C17H18N2O2/c1-12-8-9-15(18-11-12)19-16(20)17(21)10-4-6-13-5-2-3-7-14(13)17/h2-3,5,7-9,11,21H,4,6,10H2,1H3,(H,18,19,20). The van der Waals surface area contributed by atoms with Gasteiger partial charge in [-0.05, 0) is 48.9 Å². The van der Waals surface area contributed by atoms with E-state index in [4.69, 9.17) is 0 Å². The summed E-state index contributed by atoms with van der Waals surface area (Å²) in [5.41, 5.74) is 1.30. The largest absolute Gasteiger partial charge is 0.375 e. The Morgan fingerprint density at radius 2 is 2.10 bits per heavy atom. The van der Waals surface area contributed by atoms with Crippen LogP contribution >= 0.6 is 0 Å². The van der Waals surface area contributed by atoms with Gasteiger partial charge in [0.15, 0.2) is 5.60 Å². The summed E-state index contributed by atoms with van der Waals surface area (Å²) < 4.78 is 0. The lowest BCUT2D eigenvalue weighted by atomic mass is 9.78. The van der Waals surface area contributed by atoms with Gasteiger partial charge in [0.1, 0.15) is 5.82 Å². The Bertz CT molecular complexity index is 667. The second kappa shape index (κ2) is 5.30. The van der Waals surface area contributed by atoms with Crippen LogP contribution in [0.15, 0.2) is 42.6 Å². The average Bonchev–Trinajstić information content (AvgIpc) is 2.50. The van der Waals surface area contributed by atoms with E-state index < -0.39 is 11.5 Å². The predicted octanol–water partition coefficient (Wildman–Crippen LogP) is 2.55. The van der Waals surface area contributed by atoms with Crippen LogP contribution in [0.1, 0.15) is 29.5 Å². The highest BCUT2D eigenvalue weighted by atomic mass is 16.3. The van der Waals surface area contributed by atoms with Gasteiger partial charge in [-0.15, -0.1) is 0 Å². The molecule has 1 heterocycles. The van der Waals surface area contributed by atoms with Gasteiger partial charge in [0.05, 0.1) is 0 Å². The first-order chi connectivity index (χ1) is 10.1. The summed E-state index contributed by atoms with van der Waals surface area (Å²) in [6, 6.07) is 11.2. The maximum Gasteiger partial charge on any atom is 0.262 e. The zero-order valence-electron chi connectivity index (χ0n) is 12.0. The Balaban J connectivity index is 1.89. The van der Waals surface area contributed by atoms with E-state index in [1.54, 1.807) is 12.3 Å². The lowest BCUT2D eigenvalue weighted by Crippen LogP contribution is -2.43. The minimum absolute atomic E-state index is 0.411. The van der Waals surface area contributed by atoms with E-state index in [1.807, 2.05) is 37.3 Å². The molecule has 0 aliphatic heterocycles. The summed E-state index contributed by atoms with van der Waals surface area (Å²) in [6.07, 6.45) is 3.81. The van der Waals surface area contributed by atoms with Gasteiger partial charge in [-0.25, -0.2) is 4.98 Å². The molecule has 1 aliphatic carbocycles. The minimum Gasteiger partial charge on any atom is -0.375 e. The average molecular weight is 282 g/mol. The molecule has 1 aliphatic rings. The molecule has 1 unspecified atom stereocenters. The molecule has 4 nitrogen and oxygen atoms in total. The fourth-order valence-electron chi connectivity index (χ4n) is 2.81. The molecule has 21 heavy (non-hydrogen) atoms. The third-order valence-corrected chi connectivity index (χ3v) is 3.98. The molecular weight excluding hydrogens is 264 g/mol. The third kappa shape index (κ3) is 2.54. The number of hydrogen-bond donors (Lipinski definition) is 2. The number of nitrogens with zero attached hydrogens (tertiary/aromatic N) is 1. The molecule has 2 aromatic rings. The molecule has 2 N–H and O–H groups in total. The number of nitrogens with one attached hydrogen (secondary N) is 1. The maximum absolute atomic E-state index is 12.5. The van der Waals surface area contributed by atoms with Crippen molar-refractivity contribution in [2.75, 3.05) is 5.32 Å². The van der Waals surface area contributed by atoms with Crippen molar-refractivity contribution in [1.29, 1.82) is 0 Å². The zero-order valence-corrected chi connectivity index (χ0v) is 12.0. The number of anilines is 1. The fourth-order valence-corrected chi connectivity index (χ4v) is 2.81. The number of aromatic nitrogens is 1. The highest BCUT2D eigenvalue weighted by molar-refractivity contribution is 5.97. The molecule has 0 radical (unpaired) electrons. The summed E-state index contributed by atoms with van der Waals surface area (Å²) >= 11 is 0. The number of aryl methyl sites for hydroxylation is 2. The minimum atomic E-state index is -1.47. The number of aliphatic hydroxyl groups is 1. The first-order valence-electron chi connectivity index (χ1n) is 7.14. The van der Waals surface area contributed by atoms with E-state index in [-0.39, 0.29) is 0 Å². The first-order valence-corrected chi connectivity index (χ1v) is 7.14. The molecule has 108 valence electrons. The van der Waals surface area contributed by atoms with Crippen molar-refractivity contribution < 1.29 is 9.90 Å². The Kier molecular flexibility index (Phi) is 3.47. The van der Waals surface area contributed by atoms with Crippen molar-refractivity contribution >= 4 is 11.7 Å². The monoisotopic (exact) mass is 282 g/mol. The van der Waals surface area contributed by atoms with Crippen LogP contribution in [0.25, 0.3) is 0 Å². The van der Waals surface area contributed by atoms with Crippen LogP contribution in [-0.4, -0.2) is 16.0 Å². The van der Waals surface area contributed by atoms with Crippen LogP contribution in [-0.2, 0) is 16.8 Å². The van der Waals surface area contributed by atoms with Gasteiger partial charge in [-0.2, -0.15) is 0 Å². The van der Waals surface area contributed by atoms with E-state index in [0.717, 1.165) is 24.0 Å². The van der Waals surface area contributed by atoms with Crippen LogP contribution < -0.4 is 5.32 Å². The van der Waals surface area contributed by atoms with Crippen molar-refractivity contribution in [2.45, 2.75) is 31.8 Å². The molecule has 1 atom stereocenters. The number of amides is 1. The lowest BCUT2D eigenvalue weighted by molar-refractivity contribution is -0.136. The first kappa shape index (κ1) is 13.8. The van der Waals surface area contributed by atoms with E-state index >= 15 is 0 Å². The fraction of sp³-hybridized carbons (Fsp3) is 0.294. The Hall–Kier alpha value is -2.20. The molecular formula is C17H18N2O2. The highest BCUT2D eigenvalue weighted by Crippen LogP contribution is 2.36. The second-order valence-corrected chi connectivity index (χ2v) is 5.55. The normalized spacial score (nSPS) is 20.7. The van der Waals surface area contributed by atoms with E-state index in [9.17, 15) is 9.90 Å². The van der Waals surface area contributed by atoms with Crippen molar-refractivity contribution in [3.8, 4) is 0 Å². The van der Waals surface area contributed by atoms with Crippen molar-refractivity contribution in [2.24, 2.45) is 0 Å². The Morgan fingerprint density at radius 3 is 2.86 bits per heavy atom. The molecule has 1 aromatic heterocycles. The number of rotatable bonds is 2. The number of hydrogen-bond acceptors (Lipinski definition) is 3. The number of carbonyl (C=O) groups is 1. The quantitative estimate of drug-likeness (QED) is 0.890. The predicted molar refractivity (Wildman–Crippen MR) is 80.9 cm³/mol. The molecule has 0 spiro atoms. The number of pyridine rings is 1. The van der Waals surface area contributed by atoms with E-state index in [2.05, 4.69) is 10.3 Å². The third-order valence-electron chi connectivity index (χ3n) is 3.98. The van der Waals surface area contributed by atoms with Crippen molar-refractivity contribution in [3.63, 3.8) is 0 Å². The van der Waals surface area contributed by atoms with Gasteiger partial charge in [-0.3, -0.25) is 4.79 Å². The molecule has 0 saturated heterocycles. The highest BCUT2D eigenvalue weighted by Gasteiger charge is 2.41. The Labute approximate surface area is 123 Å². The van der Waals surface area contributed by atoms with Crippen molar-refractivity contribution in [1.82, 2.24) is 4.98 Å². The molecule has 4 heteroatoms. The van der Waals surface area contributed by atoms with E-state index in [0.29, 0.717) is 17.8 Å². The smallest absolute Gasteiger partial charge is 0.262 e. The van der Waals surface area contributed by atoms with Crippen LogP contribution in [0.5, 0.6) is 0 Å². The molecule has 0 fully saturated rings. The van der Waals surface area contributed by atoms with Gasteiger partial charge in [0.2, 0.25) is 0 Å². The molecule has 0 bridgehead atoms. The summed E-state index contributed by atoms with van der Waals surface area (Å²) in [7, 11) is 0. The summed E-state index contributed by atoms with van der Waals surface area (Å²) in [4.78, 5) is 16.7. The number of benzene rings is 1. The van der Waals surface area contributed by atoms with Gasteiger partial charge in [0.25, 0.3) is 5.91 Å². The maximum atomic E-state index is 12.5. The van der Waals surface area contributed by atoms with Gasteiger partial charge >= 0.3 is 0 Å². The van der Waals surface area contributed by atoms with Crippen LogP contribution in [0.2, 0.25) is 0 Å². The lowest BCUT2D eigenvalue weighted by Gasteiger charge is -2.33. The van der Waals surface area contributed by atoms with Crippen molar-refractivity contribution in [3.05, 3.63) is 59.3 Å². The number of carbonyl (C=O) groups excluding carboxylic acids is 1. The molecule has 1 aromatic carbocycles. The molecule has 0 saturated carbocycles.